The van der Waals surface area contributed by atoms with Crippen LogP contribution in [-0.4, -0.2) is 46.9 Å². The Morgan fingerprint density at radius 2 is 2.25 bits per heavy atom. The molecule has 16 heavy (non-hydrogen) atoms. The zero-order valence-electron chi connectivity index (χ0n) is 9.35. The molecule has 0 spiro atoms. The average molecular weight is 224 g/mol. The summed E-state index contributed by atoms with van der Waals surface area (Å²) in [6.07, 6.45) is 0. The summed E-state index contributed by atoms with van der Waals surface area (Å²) in [4.78, 5) is 13.7. The summed E-state index contributed by atoms with van der Waals surface area (Å²) in [7, 11) is 0. The van der Waals surface area contributed by atoms with E-state index in [4.69, 9.17) is 10.5 Å². The summed E-state index contributed by atoms with van der Waals surface area (Å²) < 4.78 is 6.82. The standard InChI is InChI=1S/C10H16N4O2/c1-8-6-9(11)12-14(8)7-10(15)13-2-4-16-5-3-13/h6H,2-5,7H2,1H3,(H2,11,12). The Hall–Kier alpha value is -1.56. The summed E-state index contributed by atoms with van der Waals surface area (Å²) in [6, 6.07) is 1.76. The van der Waals surface area contributed by atoms with Crippen molar-refractivity contribution in [2.24, 2.45) is 0 Å². The molecule has 2 rings (SSSR count). The number of carbonyl (C=O) groups excluding carboxylic acids is 1. The Morgan fingerprint density at radius 1 is 1.56 bits per heavy atom. The van der Waals surface area contributed by atoms with Crippen LogP contribution in [0.1, 0.15) is 5.69 Å². The maximum Gasteiger partial charge on any atom is 0.244 e. The number of ether oxygens (including phenoxy) is 1. The molecule has 2 heterocycles. The highest BCUT2D eigenvalue weighted by Gasteiger charge is 2.17. The van der Waals surface area contributed by atoms with E-state index in [2.05, 4.69) is 5.10 Å². The lowest BCUT2D eigenvalue weighted by Crippen LogP contribution is -2.42. The third-order valence-electron chi connectivity index (χ3n) is 2.65. The van der Waals surface area contributed by atoms with Gasteiger partial charge in [-0.1, -0.05) is 0 Å². The maximum absolute atomic E-state index is 11.9. The molecule has 0 radical (unpaired) electrons. The molecule has 6 heteroatoms. The van der Waals surface area contributed by atoms with Gasteiger partial charge in [-0.2, -0.15) is 5.10 Å². The van der Waals surface area contributed by atoms with Crippen molar-refractivity contribution in [3.05, 3.63) is 11.8 Å². The minimum atomic E-state index is 0.0644. The Balaban J connectivity index is 1.98. The highest BCUT2D eigenvalue weighted by molar-refractivity contribution is 5.76. The maximum atomic E-state index is 11.9. The molecule has 0 atom stereocenters. The SMILES string of the molecule is Cc1cc(N)nn1CC(=O)N1CCOCC1. The molecule has 1 aromatic heterocycles. The molecular formula is C10H16N4O2. The molecule has 2 N–H and O–H groups in total. The number of hydrogen-bond acceptors (Lipinski definition) is 4. The van der Waals surface area contributed by atoms with Gasteiger partial charge in [0.15, 0.2) is 0 Å². The van der Waals surface area contributed by atoms with Gasteiger partial charge in [-0.05, 0) is 6.92 Å². The average Bonchev–Trinajstić information content (AvgIpc) is 2.59. The van der Waals surface area contributed by atoms with Crippen LogP contribution in [0.2, 0.25) is 0 Å². The molecule has 0 aromatic carbocycles. The van der Waals surface area contributed by atoms with Crippen LogP contribution in [0, 0.1) is 6.92 Å². The Bertz CT molecular complexity index is 382. The van der Waals surface area contributed by atoms with E-state index in [1.54, 1.807) is 15.6 Å². The van der Waals surface area contributed by atoms with E-state index in [-0.39, 0.29) is 12.5 Å². The van der Waals surface area contributed by atoms with Gasteiger partial charge in [0.1, 0.15) is 12.4 Å². The van der Waals surface area contributed by atoms with E-state index < -0.39 is 0 Å². The number of anilines is 1. The van der Waals surface area contributed by atoms with Crippen LogP contribution in [-0.2, 0) is 16.1 Å². The van der Waals surface area contributed by atoms with Gasteiger partial charge in [0.05, 0.1) is 13.2 Å². The largest absolute Gasteiger partial charge is 0.382 e. The molecular weight excluding hydrogens is 208 g/mol. The lowest BCUT2D eigenvalue weighted by molar-refractivity contribution is -0.136. The van der Waals surface area contributed by atoms with E-state index >= 15 is 0 Å². The summed E-state index contributed by atoms with van der Waals surface area (Å²) in [6.45, 7) is 4.69. The quantitative estimate of drug-likeness (QED) is 0.744. The first-order valence-electron chi connectivity index (χ1n) is 5.32. The molecule has 1 amide bonds. The summed E-state index contributed by atoms with van der Waals surface area (Å²) >= 11 is 0. The van der Waals surface area contributed by atoms with Gasteiger partial charge in [-0.3, -0.25) is 9.48 Å². The first-order chi connectivity index (χ1) is 7.66. The van der Waals surface area contributed by atoms with Crippen LogP contribution in [0.25, 0.3) is 0 Å². The third-order valence-corrected chi connectivity index (χ3v) is 2.65. The second-order valence-corrected chi connectivity index (χ2v) is 3.86. The van der Waals surface area contributed by atoms with Gasteiger partial charge in [-0.15, -0.1) is 0 Å². The van der Waals surface area contributed by atoms with Gasteiger partial charge in [0.25, 0.3) is 0 Å². The van der Waals surface area contributed by atoms with Crippen LogP contribution in [0.4, 0.5) is 5.82 Å². The zero-order valence-corrected chi connectivity index (χ0v) is 9.35. The van der Waals surface area contributed by atoms with Gasteiger partial charge < -0.3 is 15.4 Å². The van der Waals surface area contributed by atoms with E-state index in [0.717, 1.165) is 5.69 Å². The molecule has 6 nitrogen and oxygen atoms in total. The molecule has 1 aliphatic heterocycles. The van der Waals surface area contributed by atoms with Crippen LogP contribution in [0.5, 0.6) is 0 Å². The number of nitrogen functional groups attached to an aromatic ring is 1. The molecule has 0 unspecified atom stereocenters. The highest BCUT2D eigenvalue weighted by Crippen LogP contribution is 2.06. The number of morpholine rings is 1. The molecule has 88 valence electrons. The Kier molecular flexibility index (Phi) is 3.09. The molecule has 1 saturated heterocycles. The Labute approximate surface area is 94.0 Å². The predicted molar refractivity (Wildman–Crippen MR) is 58.8 cm³/mol. The topological polar surface area (TPSA) is 73.4 Å². The Morgan fingerprint density at radius 3 is 2.81 bits per heavy atom. The number of carbonyl (C=O) groups is 1. The number of nitrogens with two attached hydrogens (primary N) is 1. The van der Waals surface area contributed by atoms with Crippen LogP contribution in [0.15, 0.2) is 6.07 Å². The molecule has 0 bridgehead atoms. The second kappa shape index (κ2) is 4.52. The number of hydrogen-bond donors (Lipinski definition) is 1. The fourth-order valence-electron chi connectivity index (χ4n) is 1.74. The van der Waals surface area contributed by atoms with Gasteiger partial charge in [0, 0.05) is 24.8 Å². The predicted octanol–water partition coefficient (Wildman–Crippen LogP) is -0.367. The molecule has 1 aliphatic rings. The minimum absolute atomic E-state index is 0.0644. The van der Waals surface area contributed by atoms with E-state index in [9.17, 15) is 4.79 Å². The number of nitrogens with zero attached hydrogens (tertiary/aromatic N) is 3. The fourth-order valence-corrected chi connectivity index (χ4v) is 1.74. The monoisotopic (exact) mass is 224 g/mol. The smallest absolute Gasteiger partial charge is 0.244 e. The van der Waals surface area contributed by atoms with Crippen molar-refractivity contribution in [3.8, 4) is 0 Å². The lowest BCUT2D eigenvalue weighted by atomic mass is 10.4. The van der Waals surface area contributed by atoms with Crippen molar-refractivity contribution in [1.29, 1.82) is 0 Å². The van der Waals surface area contributed by atoms with Crippen molar-refractivity contribution in [1.82, 2.24) is 14.7 Å². The second-order valence-electron chi connectivity index (χ2n) is 3.86. The third kappa shape index (κ3) is 2.33. The van der Waals surface area contributed by atoms with Gasteiger partial charge in [0.2, 0.25) is 5.91 Å². The molecule has 1 aromatic rings. The van der Waals surface area contributed by atoms with E-state index in [1.807, 2.05) is 6.92 Å². The van der Waals surface area contributed by atoms with Crippen molar-refractivity contribution in [3.63, 3.8) is 0 Å². The first kappa shape index (κ1) is 10.9. The van der Waals surface area contributed by atoms with Gasteiger partial charge in [-0.25, -0.2) is 0 Å². The number of amides is 1. The van der Waals surface area contributed by atoms with Crippen LogP contribution < -0.4 is 5.73 Å². The summed E-state index contributed by atoms with van der Waals surface area (Å²) in [5.41, 5.74) is 6.46. The molecule has 0 saturated carbocycles. The highest BCUT2D eigenvalue weighted by atomic mass is 16.5. The fraction of sp³-hybridized carbons (Fsp3) is 0.600. The first-order valence-corrected chi connectivity index (χ1v) is 5.32. The number of rotatable bonds is 2. The minimum Gasteiger partial charge on any atom is -0.382 e. The van der Waals surface area contributed by atoms with Gasteiger partial charge >= 0.3 is 0 Å². The number of aryl methyl sites for hydroxylation is 1. The molecule has 0 aliphatic carbocycles. The molecule has 1 fully saturated rings. The lowest BCUT2D eigenvalue weighted by Gasteiger charge is -2.26. The van der Waals surface area contributed by atoms with Crippen molar-refractivity contribution < 1.29 is 9.53 Å². The van der Waals surface area contributed by atoms with Crippen LogP contribution >= 0.6 is 0 Å². The van der Waals surface area contributed by atoms with Crippen LogP contribution in [0.3, 0.4) is 0 Å². The number of aromatic nitrogens is 2. The van der Waals surface area contributed by atoms with E-state index in [0.29, 0.717) is 32.1 Å². The zero-order chi connectivity index (χ0) is 11.5. The normalized spacial score (nSPS) is 16.4. The van der Waals surface area contributed by atoms with Crippen molar-refractivity contribution >= 4 is 11.7 Å². The van der Waals surface area contributed by atoms with E-state index in [1.165, 1.54) is 0 Å². The summed E-state index contributed by atoms with van der Waals surface area (Å²) in [5, 5.41) is 4.06. The van der Waals surface area contributed by atoms with Crippen molar-refractivity contribution in [2.45, 2.75) is 13.5 Å². The summed E-state index contributed by atoms with van der Waals surface area (Å²) in [5.74, 6) is 0.516. The van der Waals surface area contributed by atoms with Crippen molar-refractivity contribution in [2.75, 3.05) is 32.0 Å².